The van der Waals surface area contributed by atoms with Crippen molar-refractivity contribution in [2.24, 2.45) is 23.2 Å². The molecule has 76 valence electrons. The number of allylic oxidation sites excluding steroid dienone is 2. The third-order valence-corrected chi connectivity index (χ3v) is 4.44. The van der Waals surface area contributed by atoms with Gasteiger partial charge in [0.15, 0.2) is 0 Å². The van der Waals surface area contributed by atoms with Crippen LogP contribution in [-0.2, 0) is 0 Å². The Bertz CT molecular complexity index is 306. The van der Waals surface area contributed by atoms with Gasteiger partial charge in [-0.15, -0.1) is 0 Å². The van der Waals surface area contributed by atoms with Crippen LogP contribution in [0.15, 0.2) is 11.6 Å². The van der Waals surface area contributed by atoms with Crippen molar-refractivity contribution in [2.45, 2.75) is 40.0 Å². The quantitative estimate of drug-likeness (QED) is 0.579. The van der Waals surface area contributed by atoms with Crippen molar-refractivity contribution in [3.05, 3.63) is 11.6 Å². The topological polar surface area (TPSA) is 23.8 Å². The summed E-state index contributed by atoms with van der Waals surface area (Å²) in [6.07, 6.45) is 5.35. The summed E-state index contributed by atoms with van der Waals surface area (Å²) >= 11 is 0. The summed E-state index contributed by atoms with van der Waals surface area (Å²) in [6.45, 7) is 7.10. The molecule has 0 radical (unpaired) electrons. The fourth-order valence-electron chi connectivity index (χ4n) is 3.18. The van der Waals surface area contributed by atoms with Gasteiger partial charge in [-0.2, -0.15) is 5.26 Å². The van der Waals surface area contributed by atoms with E-state index in [0.29, 0.717) is 17.8 Å². The Balaban J connectivity index is 2.07. The SMILES string of the molecule is C[C@H]1C[C@H]2C(CC1=CCC#N)C2(C)C. The Morgan fingerprint density at radius 1 is 1.50 bits per heavy atom. The molecule has 0 saturated heterocycles. The summed E-state index contributed by atoms with van der Waals surface area (Å²) in [7, 11) is 0. The molecule has 1 nitrogen and oxygen atoms in total. The van der Waals surface area contributed by atoms with Crippen molar-refractivity contribution in [2.75, 3.05) is 0 Å². The van der Waals surface area contributed by atoms with Crippen molar-refractivity contribution in [1.29, 1.82) is 5.26 Å². The third-order valence-electron chi connectivity index (χ3n) is 4.44. The van der Waals surface area contributed by atoms with Gasteiger partial charge in [-0.05, 0) is 36.0 Å². The standard InChI is InChI=1S/C13H19N/c1-9-7-11-12(13(11,2)3)8-10(9)5-4-6-14/h5,9,11-12H,4,7-8H2,1-3H3/t9-,11-,12?/m0/s1. The Morgan fingerprint density at radius 2 is 2.21 bits per heavy atom. The highest BCUT2D eigenvalue weighted by atomic mass is 14.6. The molecular formula is C13H19N. The molecule has 2 aliphatic carbocycles. The summed E-state index contributed by atoms with van der Waals surface area (Å²) in [5.74, 6) is 2.58. The highest BCUT2D eigenvalue weighted by molar-refractivity contribution is 5.21. The molecule has 0 heterocycles. The minimum atomic E-state index is 0.580. The van der Waals surface area contributed by atoms with Gasteiger partial charge >= 0.3 is 0 Å². The lowest BCUT2D eigenvalue weighted by Gasteiger charge is -2.20. The average Bonchev–Trinajstić information content (AvgIpc) is 2.65. The average molecular weight is 189 g/mol. The smallest absolute Gasteiger partial charge is 0.0663 e. The maximum atomic E-state index is 8.57. The monoisotopic (exact) mass is 189 g/mol. The fraction of sp³-hybridized carbons (Fsp3) is 0.769. The van der Waals surface area contributed by atoms with Crippen LogP contribution in [0.2, 0.25) is 0 Å². The lowest BCUT2D eigenvalue weighted by Crippen LogP contribution is -2.08. The summed E-state index contributed by atoms with van der Waals surface area (Å²) in [5.41, 5.74) is 2.12. The Hall–Kier alpha value is -0.770. The molecule has 0 aromatic carbocycles. The molecule has 0 spiro atoms. The van der Waals surface area contributed by atoms with Gasteiger partial charge in [0.25, 0.3) is 0 Å². The fourth-order valence-corrected chi connectivity index (χ4v) is 3.18. The van der Waals surface area contributed by atoms with Crippen LogP contribution in [0.1, 0.15) is 40.0 Å². The zero-order chi connectivity index (χ0) is 10.3. The van der Waals surface area contributed by atoms with Crippen LogP contribution in [0.4, 0.5) is 0 Å². The lowest BCUT2D eigenvalue weighted by molar-refractivity contribution is 0.452. The second-order valence-electron chi connectivity index (χ2n) is 5.52. The predicted molar refractivity (Wildman–Crippen MR) is 57.5 cm³/mol. The number of rotatable bonds is 1. The molecule has 14 heavy (non-hydrogen) atoms. The minimum absolute atomic E-state index is 0.580. The Kier molecular flexibility index (Phi) is 2.18. The lowest BCUT2D eigenvalue weighted by atomic mass is 9.85. The maximum absolute atomic E-state index is 8.57. The van der Waals surface area contributed by atoms with Crippen LogP contribution in [0.5, 0.6) is 0 Å². The van der Waals surface area contributed by atoms with Gasteiger partial charge in [0.2, 0.25) is 0 Å². The molecule has 1 heteroatoms. The van der Waals surface area contributed by atoms with E-state index in [0.717, 1.165) is 11.8 Å². The summed E-state index contributed by atoms with van der Waals surface area (Å²) in [4.78, 5) is 0. The van der Waals surface area contributed by atoms with Crippen LogP contribution >= 0.6 is 0 Å². The molecular weight excluding hydrogens is 170 g/mol. The first-order valence-corrected chi connectivity index (χ1v) is 5.63. The van der Waals surface area contributed by atoms with E-state index in [9.17, 15) is 0 Å². The van der Waals surface area contributed by atoms with Crippen LogP contribution in [0.3, 0.4) is 0 Å². The number of hydrogen-bond acceptors (Lipinski definition) is 1. The first-order chi connectivity index (χ1) is 6.57. The summed E-state index contributed by atoms with van der Waals surface area (Å²) < 4.78 is 0. The predicted octanol–water partition coefficient (Wildman–Crippen LogP) is 3.53. The van der Waals surface area contributed by atoms with Gasteiger partial charge in [-0.1, -0.05) is 32.4 Å². The minimum Gasteiger partial charge on any atom is -0.198 e. The van der Waals surface area contributed by atoms with E-state index in [4.69, 9.17) is 5.26 Å². The van der Waals surface area contributed by atoms with Crippen molar-refractivity contribution >= 4 is 0 Å². The van der Waals surface area contributed by atoms with Gasteiger partial charge in [0, 0.05) is 0 Å². The van der Waals surface area contributed by atoms with Crippen LogP contribution in [0.25, 0.3) is 0 Å². The van der Waals surface area contributed by atoms with E-state index >= 15 is 0 Å². The van der Waals surface area contributed by atoms with Crippen LogP contribution in [0, 0.1) is 34.5 Å². The molecule has 2 rings (SSSR count). The maximum Gasteiger partial charge on any atom is 0.0663 e. The molecule has 0 amide bonds. The Morgan fingerprint density at radius 3 is 2.86 bits per heavy atom. The van der Waals surface area contributed by atoms with E-state index in [1.54, 1.807) is 5.57 Å². The molecule has 2 fully saturated rings. The zero-order valence-electron chi connectivity index (χ0n) is 9.38. The molecule has 2 aliphatic rings. The van der Waals surface area contributed by atoms with Gasteiger partial charge in [-0.25, -0.2) is 0 Å². The highest BCUT2D eigenvalue weighted by Crippen LogP contribution is 2.66. The van der Waals surface area contributed by atoms with Crippen LogP contribution < -0.4 is 0 Å². The molecule has 1 unspecified atom stereocenters. The van der Waals surface area contributed by atoms with Gasteiger partial charge in [0.05, 0.1) is 12.5 Å². The zero-order valence-corrected chi connectivity index (χ0v) is 9.38. The van der Waals surface area contributed by atoms with E-state index in [1.807, 2.05) is 0 Å². The third kappa shape index (κ3) is 1.38. The largest absolute Gasteiger partial charge is 0.198 e. The summed E-state index contributed by atoms with van der Waals surface area (Å²) in [5, 5.41) is 8.57. The Labute approximate surface area is 86.8 Å². The molecule has 3 atom stereocenters. The number of nitrogens with zero attached hydrogens (tertiary/aromatic N) is 1. The molecule has 0 aromatic rings. The molecule has 0 N–H and O–H groups in total. The van der Waals surface area contributed by atoms with Crippen LogP contribution in [-0.4, -0.2) is 0 Å². The number of nitriles is 1. The molecule has 2 saturated carbocycles. The molecule has 0 aromatic heterocycles. The van der Waals surface area contributed by atoms with Gasteiger partial charge in [-0.3, -0.25) is 0 Å². The van der Waals surface area contributed by atoms with Crippen molar-refractivity contribution < 1.29 is 0 Å². The van der Waals surface area contributed by atoms with E-state index in [1.165, 1.54) is 12.8 Å². The van der Waals surface area contributed by atoms with E-state index < -0.39 is 0 Å². The highest BCUT2D eigenvalue weighted by Gasteiger charge is 2.59. The molecule has 0 aliphatic heterocycles. The number of hydrogen-bond donors (Lipinski definition) is 0. The second-order valence-corrected chi connectivity index (χ2v) is 5.52. The summed E-state index contributed by atoms with van der Waals surface area (Å²) in [6, 6.07) is 2.21. The normalized spacial score (nSPS) is 41.6. The van der Waals surface area contributed by atoms with Crippen molar-refractivity contribution in [1.82, 2.24) is 0 Å². The first-order valence-electron chi connectivity index (χ1n) is 5.63. The number of fused-ring (bicyclic) bond motifs is 1. The van der Waals surface area contributed by atoms with Crippen molar-refractivity contribution in [3.8, 4) is 6.07 Å². The van der Waals surface area contributed by atoms with E-state index in [2.05, 4.69) is 32.9 Å². The van der Waals surface area contributed by atoms with Crippen molar-refractivity contribution in [3.63, 3.8) is 0 Å². The van der Waals surface area contributed by atoms with E-state index in [-0.39, 0.29) is 0 Å². The van der Waals surface area contributed by atoms with Gasteiger partial charge < -0.3 is 0 Å². The first kappa shape index (κ1) is 9.77. The molecule has 0 bridgehead atoms. The van der Waals surface area contributed by atoms with Gasteiger partial charge in [0.1, 0.15) is 0 Å². The second kappa shape index (κ2) is 3.12.